The lowest BCUT2D eigenvalue weighted by atomic mass is 9.89. The lowest BCUT2D eigenvalue weighted by Gasteiger charge is -2.40. The number of aromatic hydroxyl groups is 1. The Kier molecular flexibility index (Phi) is 6.80. The van der Waals surface area contributed by atoms with E-state index in [4.69, 9.17) is 9.47 Å². The van der Waals surface area contributed by atoms with Crippen molar-refractivity contribution in [3.8, 4) is 11.5 Å². The molecule has 1 fully saturated rings. The van der Waals surface area contributed by atoms with Gasteiger partial charge in [0, 0.05) is 16.3 Å². The van der Waals surface area contributed by atoms with Crippen LogP contribution in [0.15, 0.2) is 47.9 Å². The molecule has 0 radical (unpaired) electrons. The monoisotopic (exact) mass is 472 g/mol. The summed E-state index contributed by atoms with van der Waals surface area (Å²) in [6.45, 7) is -0.592. The Morgan fingerprint density at radius 3 is 2.64 bits per heavy atom. The van der Waals surface area contributed by atoms with Crippen molar-refractivity contribution in [1.29, 1.82) is 0 Å². The lowest BCUT2D eigenvalue weighted by Crippen LogP contribution is -2.55. The number of rotatable bonds is 6. The van der Waals surface area contributed by atoms with Gasteiger partial charge < -0.3 is 35.0 Å². The third-order valence-corrected chi connectivity index (χ3v) is 6.61. The molecule has 0 spiro atoms. The maximum atomic E-state index is 12.9. The molecule has 5 atom stereocenters. The number of thiophene rings is 1. The zero-order valence-corrected chi connectivity index (χ0v) is 18.5. The van der Waals surface area contributed by atoms with Gasteiger partial charge in [0.1, 0.15) is 42.0 Å². The van der Waals surface area contributed by atoms with Gasteiger partial charge in [-0.05, 0) is 46.7 Å². The molecule has 0 aliphatic carbocycles. The standard InChI is InChI=1S/C24H24O8S/c1-31-18-10-17(27)14(9-15(18)24-23(30)22(29)21(28)19(11-25)32-24)16(26)4-2-12-3-5-20-13(8-12)6-7-33-20/h2-10,19,21-25,27-30H,11H2,1H3/b4-2+. The van der Waals surface area contributed by atoms with E-state index in [0.29, 0.717) is 0 Å². The highest BCUT2D eigenvalue weighted by atomic mass is 32.1. The summed E-state index contributed by atoms with van der Waals surface area (Å²) in [6, 6.07) is 10.3. The number of fused-ring (bicyclic) bond motifs is 1. The molecule has 1 aliphatic heterocycles. The van der Waals surface area contributed by atoms with E-state index in [1.807, 2.05) is 29.6 Å². The van der Waals surface area contributed by atoms with Gasteiger partial charge in [0.15, 0.2) is 5.78 Å². The van der Waals surface area contributed by atoms with E-state index in [1.54, 1.807) is 17.4 Å². The predicted octanol–water partition coefficient (Wildman–Crippen LogP) is 2.03. The Balaban J connectivity index is 1.66. The van der Waals surface area contributed by atoms with Crippen LogP contribution in [0, 0.1) is 0 Å². The summed E-state index contributed by atoms with van der Waals surface area (Å²) in [5.41, 5.74) is 0.940. The molecule has 1 aliphatic rings. The van der Waals surface area contributed by atoms with Gasteiger partial charge >= 0.3 is 0 Å². The first-order valence-electron chi connectivity index (χ1n) is 10.2. The van der Waals surface area contributed by atoms with Gasteiger partial charge in [0.2, 0.25) is 0 Å². The molecule has 9 heteroatoms. The normalized spacial score (nSPS) is 25.5. The fourth-order valence-electron chi connectivity index (χ4n) is 3.89. The quantitative estimate of drug-likeness (QED) is 0.272. The molecule has 8 nitrogen and oxygen atoms in total. The number of phenolic OH excluding ortho intramolecular Hbond substituents is 1. The maximum absolute atomic E-state index is 12.9. The summed E-state index contributed by atoms with van der Waals surface area (Å²) in [5.74, 6) is -0.713. The van der Waals surface area contributed by atoms with E-state index in [1.165, 1.54) is 25.3 Å². The van der Waals surface area contributed by atoms with Crippen LogP contribution in [-0.2, 0) is 4.74 Å². The minimum atomic E-state index is -1.59. The second kappa shape index (κ2) is 9.60. The van der Waals surface area contributed by atoms with Crippen LogP contribution in [0.5, 0.6) is 11.5 Å². The zero-order valence-electron chi connectivity index (χ0n) is 17.7. The largest absolute Gasteiger partial charge is 0.507 e. The first kappa shape index (κ1) is 23.4. The molecule has 4 rings (SSSR count). The van der Waals surface area contributed by atoms with E-state index in [9.17, 15) is 30.3 Å². The van der Waals surface area contributed by atoms with Crippen LogP contribution in [0.3, 0.4) is 0 Å². The van der Waals surface area contributed by atoms with E-state index in [-0.39, 0.29) is 22.6 Å². The summed E-state index contributed by atoms with van der Waals surface area (Å²) in [4.78, 5) is 12.9. The van der Waals surface area contributed by atoms with Crippen LogP contribution >= 0.6 is 11.3 Å². The summed E-state index contributed by atoms with van der Waals surface area (Å²) in [6.07, 6.45) is -4.05. The van der Waals surface area contributed by atoms with Crippen LogP contribution in [0.25, 0.3) is 16.2 Å². The minimum absolute atomic E-state index is 0.0596. The van der Waals surface area contributed by atoms with Gasteiger partial charge in [0.25, 0.3) is 0 Å². The highest BCUT2D eigenvalue weighted by Crippen LogP contribution is 2.40. The molecule has 2 heterocycles. The summed E-state index contributed by atoms with van der Waals surface area (Å²) >= 11 is 1.62. The number of hydrogen-bond acceptors (Lipinski definition) is 9. The highest BCUT2D eigenvalue weighted by molar-refractivity contribution is 7.17. The maximum Gasteiger partial charge on any atom is 0.189 e. The summed E-state index contributed by atoms with van der Waals surface area (Å²) in [7, 11) is 1.34. The molecule has 3 aromatic rings. The Morgan fingerprint density at radius 1 is 1.12 bits per heavy atom. The van der Waals surface area contributed by atoms with Crippen molar-refractivity contribution in [2.45, 2.75) is 30.5 Å². The number of aliphatic hydroxyl groups excluding tert-OH is 4. The lowest BCUT2D eigenvalue weighted by molar-refractivity contribution is -0.232. The summed E-state index contributed by atoms with van der Waals surface area (Å²) < 4.78 is 12.0. The number of ether oxygens (including phenoxy) is 2. The van der Waals surface area contributed by atoms with Gasteiger partial charge in [-0.1, -0.05) is 12.1 Å². The number of hydrogen-bond donors (Lipinski definition) is 5. The van der Waals surface area contributed by atoms with Crippen LogP contribution in [0.4, 0.5) is 0 Å². The average molecular weight is 473 g/mol. The number of ketones is 1. The molecule has 33 heavy (non-hydrogen) atoms. The van der Waals surface area contributed by atoms with Crippen molar-refractivity contribution in [2.75, 3.05) is 13.7 Å². The molecule has 174 valence electrons. The van der Waals surface area contributed by atoms with Crippen molar-refractivity contribution in [2.24, 2.45) is 0 Å². The molecule has 1 aromatic heterocycles. The number of benzene rings is 2. The van der Waals surface area contributed by atoms with E-state index in [0.717, 1.165) is 15.6 Å². The van der Waals surface area contributed by atoms with E-state index >= 15 is 0 Å². The predicted molar refractivity (Wildman–Crippen MR) is 123 cm³/mol. The number of phenols is 1. The third-order valence-electron chi connectivity index (χ3n) is 5.72. The number of methoxy groups -OCH3 is 1. The average Bonchev–Trinajstić information content (AvgIpc) is 3.29. The fraction of sp³-hybridized carbons (Fsp3) is 0.292. The number of carbonyl (C=O) groups excluding carboxylic acids is 1. The third kappa shape index (κ3) is 4.51. The molecule has 0 bridgehead atoms. The van der Waals surface area contributed by atoms with Crippen molar-refractivity contribution < 1.29 is 39.8 Å². The summed E-state index contributed by atoms with van der Waals surface area (Å²) in [5, 5.41) is 53.6. The molecular weight excluding hydrogens is 448 g/mol. The van der Waals surface area contributed by atoms with Crippen LogP contribution in [0.1, 0.15) is 27.6 Å². The van der Waals surface area contributed by atoms with Gasteiger partial charge in [-0.3, -0.25) is 4.79 Å². The molecule has 5 N–H and O–H groups in total. The molecule has 5 unspecified atom stereocenters. The fourth-order valence-corrected chi connectivity index (χ4v) is 4.66. The smallest absolute Gasteiger partial charge is 0.189 e. The van der Waals surface area contributed by atoms with Crippen molar-refractivity contribution >= 4 is 33.3 Å². The van der Waals surface area contributed by atoms with E-state index in [2.05, 4.69) is 0 Å². The molecular formula is C24H24O8S. The van der Waals surface area contributed by atoms with Gasteiger partial charge in [0.05, 0.1) is 19.3 Å². The number of allylic oxidation sites excluding steroid dienone is 1. The van der Waals surface area contributed by atoms with Gasteiger partial charge in [-0.15, -0.1) is 11.3 Å². The zero-order chi connectivity index (χ0) is 23.7. The highest BCUT2D eigenvalue weighted by Gasteiger charge is 2.45. The Bertz CT molecular complexity index is 1180. The minimum Gasteiger partial charge on any atom is -0.507 e. The SMILES string of the molecule is COc1cc(O)c(C(=O)/C=C/c2ccc3sccc3c2)cc1C1OC(CO)C(O)C(O)C1O. The molecule has 0 amide bonds. The molecule has 0 saturated carbocycles. The van der Waals surface area contributed by atoms with E-state index < -0.39 is 42.9 Å². The van der Waals surface area contributed by atoms with Crippen molar-refractivity contribution in [3.05, 3.63) is 64.5 Å². The van der Waals surface area contributed by atoms with Gasteiger partial charge in [-0.25, -0.2) is 0 Å². The van der Waals surface area contributed by atoms with Crippen LogP contribution in [0.2, 0.25) is 0 Å². The van der Waals surface area contributed by atoms with Crippen molar-refractivity contribution in [3.63, 3.8) is 0 Å². The number of carbonyl (C=O) groups is 1. The Labute approximate surface area is 193 Å². The second-order valence-electron chi connectivity index (χ2n) is 7.78. The molecule has 2 aromatic carbocycles. The second-order valence-corrected chi connectivity index (χ2v) is 8.72. The Hall–Kier alpha value is -2.79. The van der Waals surface area contributed by atoms with Crippen molar-refractivity contribution in [1.82, 2.24) is 0 Å². The van der Waals surface area contributed by atoms with Crippen LogP contribution in [-0.4, -0.2) is 69.4 Å². The number of aliphatic hydroxyl groups is 4. The van der Waals surface area contributed by atoms with Crippen LogP contribution < -0.4 is 4.74 Å². The topological polar surface area (TPSA) is 137 Å². The Morgan fingerprint density at radius 2 is 1.91 bits per heavy atom. The first-order chi connectivity index (χ1) is 15.8. The molecule has 1 saturated heterocycles. The first-order valence-corrected chi connectivity index (χ1v) is 11.1. The van der Waals surface area contributed by atoms with Gasteiger partial charge in [-0.2, -0.15) is 0 Å².